The van der Waals surface area contributed by atoms with Crippen LogP contribution in [0.15, 0.2) is 59.8 Å². The molecule has 0 saturated heterocycles. The summed E-state index contributed by atoms with van der Waals surface area (Å²) in [7, 11) is 0. The third-order valence-corrected chi connectivity index (χ3v) is 4.80. The van der Waals surface area contributed by atoms with Gasteiger partial charge in [-0.25, -0.2) is 9.18 Å². The SMILES string of the molecule is CCOc1ccc([C@@H]2CC(=O)N(c3ccc(F)cc3)C3=C2C(=O)OC3)cc1. The van der Waals surface area contributed by atoms with Gasteiger partial charge in [-0.15, -0.1) is 0 Å². The molecule has 2 aliphatic rings. The second-order valence-corrected chi connectivity index (χ2v) is 6.40. The minimum absolute atomic E-state index is 0.0326. The van der Waals surface area contributed by atoms with Gasteiger partial charge in [-0.05, 0) is 48.9 Å². The van der Waals surface area contributed by atoms with Crippen LogP contribution >= 0.6 is 0 Å². The number of carbonyl (C=O) groups excluding carboxylic acids is 2. The van der Waals surface area contributed by atoms with Crippen LogP contribution in [0.5, 0.6) is 5.75 Å². The number of benzene rings is 2. The highest BCUT2D eigenvalue weighted by Gasteiger charge is 2.42. The molecule has 2 heterocycles. The summed E-state index contributed by atoms with van der Waals surface area (Å²) in [4.78, 5) is 26.7. The Morgan fingerprint density at radius 1 is 1.11 bits per heavy atom. The van der Waals surface area contributed by atoms with E-state index in [1.54, 1.807) is 0 Å². The Hall–Kier alpha value is -3.15. The minimum atomic E-state index is -0.413. The fourth-order valence-corrected chi connectivity index (χ4v) is 3.59. The Kier molecular flexibility index (Phi) is 4.39. The number of hydrogen-bond donors (Lipinski definition) is 0. The van der Waals surface area contributed by atoms with Crippen molar-refractivity contribution >= 4 is 17.6 Å². The van der Waals surface area contributed by atoms with E-state index in [0.717, 1.165) is 11.3 Å². The average molecular weight is 367 g/mol. The second-order valence-electron chi connectivity index (χ2n) is 6.40. The summed E-state index contributed by atoms with van der Waals surface area (Å²) in [5.74, 6) is -0.584. The lowest BCUT2D eigenvalue weighted by Crippen LogP contribution is -2.37. The first kappa shape index (κ1) is 17.3. The number of hydrogen-bond acceptors (Lipinski definition) is 4. The summed E-state index contributed by atoms with van der Waals surface area (Å²) in [5, 5.41) is 0. The highest BCUT2D eigenvalue weighted by atomic mass is 19.1. The molecule has 0 aromatic heterocycles. The van der Waals surface area contributed by atoms with Crippen molar-refractivity contribution in [2.24, 2.45) is 0 Å². The molecule has 0 bridgehead atoms. The molecule has 0 radical (unpaired) electrons. The topological polar surface area (TPSA) is 55.8 Å². The van der Waals surface area contributed by atoms with Crippen LogP contribution in [-0.2, 0) is 14.3 Å². The molecular weight excluding hydrogens is 349 g/mol. The molecule has 0 unspecified atom stereocenters. The molecule has 6 heteroatoms. The highest BCUT2D eigenvalue weighted by Crippen LogP contribution is 2.42. The number of nitrogens with zero attached hydrogens (tertiary/aromatic N) is 1. The zero-order valence-corrected chi connectivity index (χ0v) is 14.8. The minimum Gasteiger partial charge on any atom is -0.494 e. The van der Waals surface area contributed by atoms with Crippen LogP contribution in [0.3, 0.4) is 0 Å². The van der Waals surface area contributed by atoms with Gasteiger partial charge in [0.05, 0.1) is 17.9 Å². The number of esters is 1. The number of amides is 1. The van der Waals surface area contributed by atoms with Gasteiger partial charge >= 0.3 is 5.97 Å². The summed E-state index contributed by atoms with van der Waals surface area (Å²) >= 11 is 0. The van der Waals surface area contributed by atoms with Crippen LogP contribution in [-0.4, -0.2) is 25.1 Å². The van der Waals surface area contributed by atoms with E-state index in [0.29, 0.717) is 23.6 Å². The van der Waals surface area contributed by atoms with Gasteiger partial charge in [0.1, 0.15) is 18.2 Å². The molecule has 138 valence electrons. The molecule has 2 aromatic carbocycles. The van der Waals surface area contributed by atoms with Gasteiger partial charge in [0.2, 0.25) is 5.91 Å². The van der Waals surface area contributed by atoms with Crippen LogP contribution in [0.2, 0.25) is 0 Å². The zero-order chi connectivity index (χ0) is 19.0. The number of cyclic esters (lactones) is 1. The Labute approximate surface area is 156 Å². The molecular formula is C21H18FNO4. The standard InChI is InChI=1S/C21H18FNO4/c1-2-26-16-9-3-13(4-10-16)17-11-19(24)23(15-7-5-14(22)6-8-15)18-12-27-21(25)20(17)18/h3-10,17H,2,11-12H2,1H3/t17-/m0/s1. The maximum absolute atomic E-state index is 13.2. The molecule has 2 aliphatic heterocycles. The Bertz CT molecular complexity index is 918. The van der Waals surface area contributed by atoms with Gasteiger partial charge in [-0.1, -0.05) is 12.1 Å². The molecule has 5 nitrogen and oxygen atoms in total. The highest BCUT2D eigenvalue weighted by molar-refractivity contribution is 6.06. The number of carbonyl (C=O) groups is 2. The fourth-order valence-electron chi connectivity index (χ4n) is 3.59. The summed E-state index contributed by atoms with van der Waals surface area (Å²) in [6.07, 6.45) is 0.138. The molecule has 0 N–H and O–H groups in total. The van der Waals surface area contributed by atoms with Crippen molar-refractivity contribution in [2.75, 3.05) is 18.1 Å². The fraction of sp³-hybridized carbons (Fsp3) is 0.238. The van der Waals surface area contributed by atoms with Crippen LogP contribution in [0, 0.1) is 5.82 Å². The Morgan fingerprint density at radius 3 is 2.48 bits per heavy atom. The first-order valence-corrected chi connectivity index (χ1v) is 8.80. The Morgan fingerprint density at radius 2 is 1.81 bits per heavy atom. The van der Waals surface area contributed by atoms with Gasteiger partial charge in [0.25, 0.3) is 0 Å². The van der Waals surface area contributed by atoms with E-state index in [1.807, 2.05) is 31.2 Å². The zero-order valence-electron chi connectivity index (χ0n) is 14.8. The van der Waals surface area contributed by atoms with Gasteiger partial charge in [-0.3, -0.25) is 9.69 Å². The molecule has 1 atom stereocenters. The van der Waals surface area contributed by atoms with Gasteiger partial charge < -0.3 is 9.47 Å². The van der Waals surface area contributed by atoms with Crippen molar-refractivity contribution in [2.45, 2.75) is 19.3 Å². The van der Waals surface area contributed by atoms with Crippen molar-refractivity contribution in [1.82, 2.24) is 0 Å². The van der Waals surface area contributed by atoms with Crippen LogP contribution < -0.4 is 9.64 Å². The smallest absolute Gasteiger partial charge is 0.336 e. The van der Waals surface area contributed by atoms with E-state index < -0.39 is 5.97 Å². The van der Waals surface area contributed by atoms with Crippen molar-refractivity contribution in [3.63, 3.8) is 0 Å². The van der Waals surface area contributed by atoms with E-state index in [2.05, 4.69) is 0 Å². The van der Waals surface area contributed by atoms with E-state index in [4.69, 9.17) is 9.47 Å². The first-order valence-electron chi connectivity index (χ1n) is 8.80. The summed E-state index contributed by atoms with van der Waals surface area (Å²) in [6, 6.07) is 13.0. The maximum atomic E-state index is 13.2. The van der Waals surface area contributed by atoms with E-state index in [9.17, 15) is 14.0 Å². The van der Waals surface area contributed by atoms with Crippen LogP contribution in [0.25, 0.3) is 0 Å². The van der Waals surface area contributed by atoms with Gasteiger partial charge in [0.15, 0.2) is 0 Å². The number of ether oxygens (including phenoxy) is 2. The first-order chi connectivity index (χ1) is 13.1. The average Bonchev–Trinajstić information content (AvgIpc) is 3.05. The number of halogens is 1. The lowest BCUT2D eigenvalue weighted by Gasteiger charge is -2.31. The summed E-state index contributed by atoms with van der Waals surface area (Å²) < 4.78 is 23.9. The molecule has 0 fully saturated rings. The van der Waals surface area contributed by atoms with E-state index >= 15 is 0 Å². The van der Waals surface area contributed by atoms with Crippen molar-refractivity contribution < 1.29 is 23.5 Å². The lowest BCUT2D eigenvalue weighted by molar-refractivity contribution is -0.136. The molecule has 2 aromatic rings. The van der Waals surface area contributed by atoms with Crippen molar-refractivity contribution in [1.29, 1.82) is 0 Å². The van der Waals surface area contributed by atoms with Gasteiger partial charge in [0, 0.05) is 18.0 Å². The third kappa shape index (κ3) is 3.07. The normalized spacial score (nSPS) is 19.2. The number of anilines is 1. The third-order valence-electron chi connectivity index (χ3n) is 4.80. The quantitative estimate of drug-likeness (QED) is 0.776. The summed E-state index contributed by atoms with van der Waals surface area (Å²) in [6.45, 7) is 2.50. The van der Waals surface area contributed by atoms with Crippen molar-refractivity contribution in [3.05, 3.63) is 71.2 Å². The molecule has 4 rings (SSSR count). The molecule has 1 amide bonds. The lowest BCUT2D eigenvalue weighted by atomic mass is 9.84. The molecule has 0 spiro atoms. The number of rotatable bonds is 4. The Balaban J connectivity index is 1.74. The predicted octanol–water partition coefficient (Wildman–Crippen LogP) is 3.56. The van der Waals surface area contributed by atoms with Crippen LogP contribution in [0.1, 0.15) is 24.8 Å². The monoisotopic (exact) mass is 367 g/mol. The summed E-state index contributed by atoms with van der Waals surface area (Å²) in [5.41, 5.74) is 2.40. The molecule has 0 aliphatic carbocycles. The largest absolute Gasteiger partial charge is 0.494 e. The molecule has 0 saturated carbocycles. The predicted molar refractivity (Wildman–Crippen MR) is 96.8 cm³/mol. The maximum Gasteiger partial charge on any atom is 0.336 e. The molecule has 27 heavy (non-hydrogen) atoms. The van der Waals surface area contributed by atoms with Crippen LogP contribution in [0.4, 0.5) is 10.1 Å². The second kappa shape index (κ2) is 6.87. The van der Waals surface area contributed by atoms with E-state index in [-0.39, 0.29) is 30.7 Å². The van der Waals surface area contributed by atoms with Gasteiger partial charge in [-0.2, -0.15) is 0 Å². The van der Waals surface area contributed by atoms with E-state index in [1.165, 1.54) is 29.2 Å². The van der Waals surface area contributed by atoms with Crippen molar-refractivity contribution in [3.8, 4) is 5.75 Å².